The summed E-state index contributed by atoms with van der Waals surface area (Å²) in [7, 11) is 0. The van der Waals surface area contributed by atoms with Gasteiger partial charge in [-0.05, 0) is 31.2 Å². The molecule has 1 atom stereocenters. The van der Waals surface area contributed by atoms with Crippen LogP contribution in [0.2, 0.25) is 5.02 Å². The number of rotatable bonds is 1. The van der Waals surface area contributed by atoms with E-state index in [-0.39, 0.29) is 6.23 Å². The number of hydroxylamine groups is 1. The van der Waals surface area contributed by atoms with Gasteiger partial charge < -0.3 is 0 Å². The molecule has 1 N–H and O–H groups in total. The summed E-state index contributed by atoms with van der Waals surface area (Å²) in [5.74, 6) is 0.754. The van der Waals surface area contributed by atoms with Crippen molar-refractivity contribution in [3.8, 4) is 0 Å². The van der Waals surface area contributed by atoms with Crippen LogP contribution >= 0.6 is 11.6 Å². The molecule has 1 unspecified atom stereocenters. The van der Waals surface area contributed by atoms with E-state index >= 15 is 0 Å². The first-order chi connectivity index (χ1) is 6.25. The third-order valence-corrected chi connectivity index (χ3v) is 2.01. The van der Waals surface area contributed by atoms with Crippen LogP contribution in [0.4, 0.5) is 0 Å². The maximum Gasteiger partial charge on any atom is 0.174 e. The lowest BCUT2D eigenvalue weighted by Gasteiger charge is -2.00. The molecule has 1 aliphatic heterocycles. The van der Waals surface area contributed by atoms with Gasteiger partial charge in [-0.1, -0.05) is 11.6 Å². The molecule has 1 aromatic carbocycles. The van der Waals surface area contributed by atoms with E-state index in [0.29, 0.717) is 0 Å². The van der Waals surface area contributed by atoms with E-state index in [9.17, 15) is 0 Å². The van der Waals surface area contributed by atoms with E-state index in [1.54, 1.807) is 0 Å². The van der Waals surface area contributed by atoms with Gasteiger partial charge in [0.2, 0.25) is 0 Å². The van der Waals surface area contributed by atoms with Crippen LogP contribution in [0.3, 0.4) is 0 Å². The van der Waals surface area contributed by atoms with Gasteiger partial charge in [0.25, 0.3) is 0 Å². The van der Waals surface area contributed by atoms with Crippen LogP contribution in [0.5, 0.6) is 0 Å². The molecule has 4 heteroatoms. The van der Waals surface area contributed by atoms with Crippen LogP contribution in [0, 0.1) is 0 Å². The van der Waals surface area contributed by atoms with Crippen LogP contribution < -0.4 is 5.48 Å². The van der Waals surface area contributed by atoms with Gasteiger partial charge in [-0.2, -0.15) is 0 Å². The van der Waals surface area contributed by atoms with E-state index in [1.807, 2.05) is 31.2 Å². The SMILES string of the molecule is CC1N=C(c2ccc(Cl)cc2)NO1. The summed E-state index contributed by atoms with van der Waals surface area (Å²) in [4.78, 5) is 9.29. The average molecular weight is 197 g/mol. The summed E-state index contributed by atoms with van der Waals surface area (Å²) in [6.07, 6.45) is -0.120. The highest BCUT2D eigenvalue weighted by Gasteiger charge is 2.13. The number of halogens is 1. The number of nitrogens with zero attached hydrogens (tertiary/aromatic N) is 1. The van der Waals surface area contributed by atoms with Gasteiger partial charge in [0, 0.05) is 10.6 Å². The Balaban J connectivity index is 2.26. The lowest BCUT2D eigenvalue weighted by Crippen LogP contribution is -2.18. The van der Waals surface area contributed by atoms with Crippen molar-refractivity contribution in [1.29, 1.82) is 0 Å². The standard InChI is InChI=1S/C9H9ClN2O/c1-6-11-9(12-13-6)7-2-4-8(10)5-3-7/h2-6H,1H3,(H,11,12). The molecule has 1 heterocycles. The molecule has 1 aliphatic rings. The molecule has 13 heavy (non-hydrogen) atoms. The molecule has 68 valence electrons. The summed E-state index contributed by atoms with van der Waals surface area (Å²) in [6, 6.07) is 7.44. The highest BCUT2D eigenvalue weighted by Crippen LogP contribution is 2.12. The third kappa shape index (κ3) is 1.82. The molecular weight excluding hydrogens is 188 g/mol. The molecular formula is C9H9ClN2O. The van der Waals surface area contributed by atoms with E-state index in [1.165, 1.54) is 0 Å². The Bertz CT molecular complexity index is 334. The van der Waals surface area contributed by atoms with Crippen molar-refractivity contribution < 1.29 is 4.84 Å². The maximum atomic E-state index is 5.76. The molecule has 0 aliphatic carbocycles. The normalized spacial score (nSPS) is 21.1. The second-order valence-electron chi connectivity index (χ2n) is 2.80. The predicted octanol–water partition coefficient (Wildman–Crippen LogP) is 1.97. The number of amidine groups is 1. The zero-order chi connectivity index (χ0) is 9.26. The molecule has 0 bridgehead atoms. The molecule has 0 fully saturated rings. The first-order valence-electron chi connectivity index (χ1n) is 4.01. The Morgan fingerprint density at radius 3 is 2.62 bits per heavy atom. The first kappa shape index (κ1) is 8.53. The van der Waals surface area contributed by atoms with Crippen molar-refractivity contribution in [2.75, 3.05) is 0 Å². The van der Waals surface area contributed by atoms with Gasteiger partial charge in [0.1, 0.15) is 0 Å². The Labute approximate surface area is 81.3 Å². The summed E-state index contributed by atoms with van der Waals surface area (Å²) in [5, 5.41) is 0.719. The summed E-state index contributed by atoms with van der Waals surface area (Å²) >= 11 is 5.76. The minimum absolute atomic E-state index is 0.120. The van der Waals surface area contributed by atoms with Gasteiger partial charge in [-0.15, -0.1) is 0 Å². The van der Waals surface area contributed by atoms with Crippen molar-refractivity contribution in [2.45, 2.75) is 13.2 Å². The minimum Gasteiger partial charge on any atom is -0.248 e. The molecule has 0 radical (unpaired) electrons. The molecule has 0 saturated heterocycles. The van der Waals surface area contributed by atoms with Crippen LogP contribution in [-0.4, -0.2) is 12.1 Å². The molecule has 1 aromatic rings. The van der Waals surface area contributed by atoms with E-state index in [4.69, 9.17) is 16.4 Å². The van der Waals surface area contributed by atoms with Gasteiger partial charge in [0.05, 0.1) is 0 Å². The van der Waals surface area contributed by atoms with E-state index in [0.717, 1.165) is 16.4 Å². The Hall–Kier alpha value is -1.06. The molecule has 0 spiro atoms. The first-order valence-corrected chi connectivity index (χ1v) is 4.39. The maximum absolute atomic E-state index is 5.76. The predicted molar refractivity (Wildman–Crippen MR) is 51.7 cm³/mol. The van der Waals surface area contributed by atoms with Gasteiger partial charge in [-0.25, -0.2) is 15.3 Å². The Kier molecular flexibility index (Phi) is 2.20. The Morgan fingerprint density at radius 1 is 1.38 bits per heavy atom. The van der Waals surface area contributed by atoms with Crippen LogP contribution in [0.25, 0.3) is 0 Å². The number of benzene rings is 1. The number of aliphatic imine (C=N–C) groups is 1. The number of hydrogen-bond acceptors (Lipinski definition) is 3. The Morgan fingerprint density at radius 2 is 2.08 bits per heavy atom. The summed E-state index contributed by atoms with van der Waals surface area (Å²) in [5.41, 5.74) is 3.73. The lowest BCUT2D eigenvalue weighted by atomic mass is 10.2. The van der Waals surface area contributed by atoms with E-state index in [2.05, 4.69) is 10.5 Å². The fourth-order valence-corrected chi connectivity index (χ4v) is 1.24. The van der Waals surface area contributed by atoms with Crippen LogP contribution in [0.1, 0.15) is 12.5 Å². The average Bonchev–Trinajstić information content (AvgIpc) is 2.53. The molecule has 2 rings (SSSR count). The second kappa shape index (κ2) is 3.36. The smallest absolute Gasteiger partial charge is 0.174 e. The van der Waals surface area contributed by atoms with Crippen molar-refractivity contribution in [3.63, 3.8) is 0 Å². The third-order valence-electron chi connectivity index (χ3n) is 1.75. The van der Waals surface area contributed by atoms with Gasteiger partial charge in [0.15, 0.2) is 12.1 Å². The van der Waals surface area contributed by atoms with Gasteiger partial charge >= 0.3 is 0 Å². The summed E-state index contributed by atoms with van der Waals surface area (Å²) < 4.78 is 0. The molecule has 0 aromatic heterocycles. The topological polar surface area (TPSA) is 33.6 Å². The van der Waals surface area contributed by atoms with Crippen molar-refractivity contribution in [1.82, 2.24) is 5.48 Å². The van der Waals surface area contributed by atoms with Crippen LogP contribution in [-0.2, 0) is 4.84 Å². The van der Waals surface area contributed by atoms with Crippen molar-refractivity contribution >= 4 is 17.4 Å². The monoisotopic (exact) mass is 196 g/mol. The molecule has 3 nitrogen and oxygen atoms in total. The zero-order valence-electron chi connectivity index (χ0n) is 7.12. The van der Waals surface area contributed by atoms with Crippen molar-refractivity contribution in [3.05, 3.63) is 34.9 Å². The van der Waals surface area contributed by atoms with E-state index < -0.39 is 0 Å². The minimum atomic E-state index is -0.120. The molecule has 0 saturated carbocycles. The fraction of sp³-hybridized carbons (Fsp3) is 0.222. The van der Waals surface area contributed by atoms with Gasteiger partial charge in [-0.3, -0.25) is 0 Å². The largest absolute Gasteiger partial charge is 0.248 e. The quantitative estimate of drug-likeness (QED) is 0.745. The summed E-state index contributed by atoms with van der Waals surface area (Å²) in [6.45, 7) is 1.87. The highest BCUT2D eigenvalue weighted by molar-refractivity contribution is 6.30. The number of hydrogen-bond donors (Lipinski definition) is 1. The van der Waals surface area contributed by atoms with Crippen LogP contribution in [0.15, 0.2) is 29.3 Å². The lowest BCUT2D eigenvalue weighted by molar-refractivity contribution is 0.0504. The number of nitrogens with one attached hydrogen (secondary N) is 1. The fourth-order valence-electron chi connectivity index (χ4n) is 1.12. The highest BCUT2D eigenvalue weighted by atomic mass is 35.5. The molecule has 0 amide bonds. The second-order valence-corrected chi connectivity index (χ2v) is 3.24. The zero-order valence-corrected chi connectivity index (χ0v) is 7.88. The van der Waals surface area contributed by atoms with Crippen molar-refractivity contribution in [2.24, 2.45) is 4.99 Å².